The van der Waals surface area contributed by atoms with E-state index >= 15 is 0 Å². The van der Waals surface area contributed by atoms with Gasteiger partial charge in [-0.1, -0.05) is 26.8 Å². The van der Waals surface area contributed by atoms with Crippen LogP contribution in [0.25, 0.3) is 0 Å². The van der Waals surface area contributed by atoms with E-state index in [0.29, 0.717) is 25.2 Å². The van der Waals surface area contributed by atoms with Gasteiger partial charge >= 0.3 is 0 Å². The number of aliphatic hydroxyl groups is 1. The van der Waals surface area contributed by atoms with Crippen molar-refractivity contribution in [3.63, 3.8) is 0 Å². The second kappa shape index (κ2) is 7.77. The molecule has 0 saturated heterocycles. The lowest BCUT2D eigenvalue weighted by Crippen LogP contribution is -2.14. The topological polar surface area (TPSA) is 46.5 Å². The number of hydrogen-bond donors (Lipinski definition) is 1. The third kappa shape index (κ3) is 5.23. The van der Waals surface area contributed by atoms with Crippen LogP contribution in [0.1, 0.15) is 48.7 Å². The molecule has 112 valence electrons. The summed E-state index contributed by atoms with van der Waals surface area (Å²) in [7, 11) is 0. The van der Waals surface area contributed by atoms with Gasteiger partial charge in [0, 0.05) is 18.8 Å². The van der Waals surface area contributed by atoms with Crippen LogP contribution >= 0.6 is 11.6 Å². The highest BCUT2D eigenvalue weighted by Gasteiger charge is 2.17. The van der Waals surface area contributed by atoms with Crippen LogP contribution in [0.3, 0.4) is 0 Å². The lowest BCUT2D eigenvalue weighted by molar-refractivity contribution is 0.101. The molecule has 1 N–H and O–H groups in total. The van der Waals surface area contributed by atoms with Crippen molar-refractivity contribution >= 4 is 17.4 Å². The lowest BCUT2D eigenvalue weighted by Gasteiger charge is -2.21. The molecule has 0 saturated carbocycles. The maximum Gasteiger partial charge on any atom is 0.177 e. The number of aliphatic hydroxyl groups excluding tert-OH is 1. The quantitative estimate of drug-likeness (QED) is 0.477. The Morgan fingerprint density at radius 3 is 2.55 bits per heavy atom. The SMILES string of the molecule is CC(C)(C)c1cc(COCCCO)cc(C(=O)CCl)c1. The van der Waals surface area contributed by atoms with Gasteiger partial charge in [-0.3, -0.25) is 4.79 Å². The number of ketones is 1. The summed E-state index contributed by atoms with van der Waals surface area (Å²) >= 11 is 5.64. The van der Waals surface area contributed by atoms with Gasteiger partial charge in [-0.05, 0) is 35.1 Å². The Labute approximate surface area is 125 Å². The largest absolute Gasteiger partial charge is 0.396 e. The van der Waals surface area contributed by atoms with Gasteiger partial charge in [0.2, 0.25) is 0 Å². The number of carbonyl (C=O) groups excluding carboxylic acids is 1. The highest BCUT2D eigenvalue weighted by atomic mass is 35.5. The standard InChI is InChI=1S/C16H23ClO3/c1-16(2,3)14-8-12(11-20-6-4-5-18)7-13(9-14)15(19)10-17/h7-9,18H,4-6,10-11H2,1-3H3. The van der Waals surface area contributed by atoms with E-state index in [4.69, 9.17) is 21.4 Å². The number of rotatable bonds is 7. The predicted molar refractivity (Wildman–Crippen MR) is 81.6 cm³/mol. The van der Waals surface area contributed by atoms with Gasteiger partial charge in [0.25, 0.3) is 0 Å². The minimum atomic E-state index is -0.0747. The van der Waals surface area contributed by atoms with Crippen LogP contribution in [0.4, 0.5) is 0 Å². The third-order valence-electron chi connectivity index (χ3n) is 3.02. The zero-order valence-corrected chi connectivity index (χ0v) is 13.2. The van der Waals surface area contributed by atoms with E-state index in [0.717, 1.165) is 11.1 Å². The Balaban J connectivity index is 2.95. The number of ether oxygens (including phenoxy) is 1. The number of alkyl halides is 1. The van der Waals surface area contributed by atoms with Gasteiger partial charge in [-0.25, -0.2) is 0 Å². The molecule has 0 radical (unpaired) electrons. The van der Waals surface area contributed by atoms with E-state index in [1.54, 1.807) is 0 Å². The number of hydrogen-bond acceptors (Lipinski definition) is 3. The molecule has 0 aromatic heterocycles. The van der Waals surface area contributed by atoms with Crippen LogP contribution in [0.2, 0.25) is 0 Å². The molecular weight excluding hydrogens is 276 g/mol. The summed E-state index contributed by atoms with van der Waals surface area (Å²) in [5.74, 6) is -0.0901. The van der Waals surface area contributed by atoms with Crippen molar-refractivity contribution in [1.29, 1.82) is 0 Å². The number of halogens is 1. The number of benzene rings is 1. The van der Waals surface area contributed by atoms with E-state index in [2.05, 4.69) is 26.8 Å². The molecule has 0 aliphatic heterocycles. The minimum Gasteiger partial charge on any atom is -0.396 e. The van der Waals surface area contributed by atoms with Crippen molar-refractivity contribution in [2.75, 3.05) is 19.1 Å². The molecular formula is C16H23ClO3. The minimum absolute atomic E-state index is 0.0155. The Morgan fingerprint density at radius 1 is 1.30 bits per heavy atom. The average Bonchev–Trinajstić information content (AvgIpc) is 2.41. The Kier molecular flexibility index (Phi) is 6.66. The average molecular weight is 299 g/mol. The molecule has 0 bridgehead atoms. The monoisotopic (exact) mass is 298 g/mol. The van der Waals surface area contributed by atoms with Crippen LogP contribution in [-0.4, -0.2) is 30.0 Å². The molecule has 0 fully saturated rings. The van der Waals surface area contributed by atoms with Crippen LogP contribution in [0, 0.1) is 0 Å². The molecule has 1 aromatic carbocycles. The predicted octanol–water partition coefficient (Wildman–Crippen LogP) is 3.30. The lowest BCUT2D eigenvalue weighted by atomic mass is 9.84. The Bertz CT molecular complexity index is 450. The summed E-state index contributed by atoms with van der Waals surface area (Å²) in [6.45, 7) is 7.38. The van der Waals surface area contributed by atoms with Crippen molar-refractivity contribution in [2.24, 2.45) is 0 Å². The molecule has 0 aliphatic rings. The van der Waals surface area contributed by atoms with E-state index in [1.165, 1.54) is 0 Å². The molecule has 1 aromatic rings. The van der Waals surface area contributed by atoms with Gasteiger partial charge in [-0.15, -0.1) is 11.6 Å². The van der Waals surface area contributed by atoms with E-state index < -0.39 is 0 Å². The molecule has 4 heteroatoms. The number of carbonyl (C=O) groups is 1. The summed E-state index contributed by atoms with van der Waals surface area (Å²) in [6.07, 6.45) is 0.617. The molecule has 0 unspecified atom stereocenters. The van der Waals surface area contributed by atoms with Gasteiger partial charge in [-0.2, -0.15) is 0 Å². The first-order chi connectivity index (χ1) is 9.38. The summed E-state index contributed by atoms with van der Waals surface area (Å²) in [5, 5.41) is 8.72. The van der Waals surface area contributed by atoms with Crippen LogP contribution < -0.4 is 0 Å². The molecule has 0 atom stereocenters. The normalized spacial score (nSPS) is 11.7. The molecule has 20 heavy (non-hydrogen) atoms. The second-order valence-electron chi connectivity index (χ2n) is 5.86. The van der Waals surface area contributed by atoms with Gasteiger partial charge < -0.3 is 9.84 Å². The first kappa shape index (κ1) is 17.2. The Morgan fingerprint density at radius 2 is 2.00 bits per heavy atom. The smallest absolute Gasteiger partial charge is 0.177 e. The second-order valence-corrected chi connectivity index (χ2v) is 6.12. The fraction of sp³-hybridized carbons (Fsp3) is 0.562. The molecule has 3 nitrogen and oxygen atoms in total. The van der Waals surface area contributed by atoms with E-state index in [-0.39, 0.29) is 23.7 Å². The van der Waals surface area contributed by atoms with Gasteiger partial charge in [0.1, 0.15) is 0 Å². The summed E-state index contributed by atoms with van der Waals surface area (Å²) in [4.78, 5) is 11.8. The molecule has 0 aliphatic carbocycles. The maximum absolute atomic E-state index is 11.8. The zero-order valence-electron chi connectivity index (χ0n) is 12.4. The fourth-order valence-electron chi connectivity index (χ4n) is 1.80. The van der Waals surface area contributed by atoms with Crippen LogP contribution in [0.5, 0.6) is 0 Å². The molecule has 0 spiro atoms. The van der Waals surface area contributed by atoms with Gasteiger partial charge in [0.05, 0.1) is 12.5 Å². The first-order valence-electron chi connectivity index (χ1n) is 6.80. The van der Waals surface area contributed by atoms with Gasteiger partial charge in [0.15, 0.2) is 5.78 Å². The van der Waals surface area contributed by atoms with Crippen LogP contribution in [0.15, 0.2) is 18.2 Å². The summed E-state index contributed by atoms with van der Waals surface area (Å²) in [6, 6.07) is 5.80. The van der Waals surface area contributed by atoms with Crippen molar-refractivity contribution in [2.45, 2.75) is 39.2 Å². The van der Waals surface area contributed by atoms with Crippen molar-refractivity contribution in [3.05, 3.63) is 34.9 Å². The first-order valence-corrected chi connectivity index (χ1v) is 7.34. The summed E-state index contributed by atoms with van der Waals surface area (Å²) < 4.78 is 5.49. The summed E-state index contributed by atoms with van der Waals surface area (Å²) in [5.41, 5.74) is 2.65. The highest BCUT2D eigenvalue weighted by molar-refractivity contribution is 6.30. The molecule has 0 heterocycles. The van der Waals surface area contributed by atoms with E-state index in [1.807, 2.05) is 12.1 Å². The molecule has 1 rings (SSSR count). The zero-order chi connectivity index (χ0) is 15.2. The molecule has 0 amide bonds. The maximum atomic E-state index is 11.8. The third-order valence-corrected chi connectivity index (χ3v) is 3.26. The van der Waals surface area contributed by atoms with Crippen LogP contribution in [-0.2, 0) is 16.8 Å². The fourth-order valence-corrected chi connectivity index (χ4v) is 1.96. The van der Waals surface area contributed by atoms with Crippen molar-refractivity contribution in [3.8, 4) is 0 Å². The Hall–Kier alpha value is -0.900. The highest BCUT2D eigenvalue weighted by Crippen LogP contribution is 2.25. The van der Waals surface area contributed by atoms with Crippen molar-refractivity contribution in [1.82, 2.24) is 0 Å². The van der Waals surface area contributed by atoms with E-state index in [9.17, 15) is 4.79 Å². The number of Topliss-reactive ketones (excluding diaryl/α,β-unsaturated/α-hetero) is 1. The van der Waals surface area contributed by atoms with Crippen molar-refractivity contribution < 1.29 is 14.6 Å².